The Hall–Kier alpha value is -0.470. The highest BCUT2D eigenvalue weighted by Crippen LogP contribution is 2.26. The molecular weight excluding hydrogens is 226 g/mol. The molecule has 0 bridgehead atoms. The molecule has 1 nitrogen and oxygen atoms in total. The summed E-state index contributed by atoms with van der Waals surface area (Å²) >= 11 is 1.94. The Labute approximate surface area is 110 Å². The fourth-order valence-electron chi connectivity index (χ4n) is 1.71. The molecule has 0 aromatic heterocycles. The van der Waals surface area contributed by atoms with Gasteiger partial charge in [0, 0.05) is 16.7 Å². The van der Waals surface area contributed by atoms with E-state index in [0.29, 0.717) is 11.2 Å². The van der Waals surface area contributed by atoms with Crippen molar-refractivity contribution >= 4 is 11.8 Å². The molecule has 0 spiro atoms. The minimum absolute atomic E-state index is 0.651. The summed E-state index contributed by atoms with van der Waals surface area (Å²) in [5, 5.41) is 4.13. The second-order valence-electron chi connectivity index (χ2n) is 5.29. The van der Waals surface area contributed by atoms with E-state index in [1.165, 1.54) is 16.0 Å². The van der Waals surface area contributed by atoms with Gasteiger partial charge in [0.2, 0.25) is 0 Å². The topological polar surface area (TPSA) is 12.0 Å². The van der Waals surface area contributed by atoms with Crippen LogP contribution in [0.3, 0.4) is 0 Å². The molecule has 0 fully saturated rings. The maximum atomic E-state index is 3.48. The highest BCUT2D eigenvalue weighted by Gasteiger charge is 2.03. The predicted molar refractivity (Wildman–Crippen MR) is 78.7 cm³/mol. The Morgan fingerprint density at radius 1 is 1.18 bits per heavy atom. The highest BCUT2D eigenvalue weighted by molar-refractivity contribution is 8.00. The van der Waals surface area contributed by atoms with Gasteiger partial charge in [0.1, 0.15) is 0 Å². The van der Waals surface area contributed by atoms with Gasteiger partial charge >= 0.3 is 0 Å². The third-order valence-electron chi connectivity index (χ3n) is 2.48. The average molecular weight is 251 g/mol. The molecule has 0 aliphatic heterocycles. The van der Waals surface area contributed by atoms with Crippen LogP contribution in [-0.4, -0.2) is 11.8 Å². The average Bonchev–Trinajstić information content (AvgIpc) is 2.21. The van der Waals surface area contributed by atoms with E-state index >= 15 is 0 Å². The van der Waals surface area contributed by atoms with Crippen LogP contribution in [0.5, 0.6) is 0 Å². The van der Waals surface area contributed by atoms with Crippen molar-refractivity contribution in [1.82, 2.24) is 5.32 Å². The van der Waals surface area contributed by atoms with Crippen LogP contribution in [-0.2, 0) is 6.54 Å². The lowest BCUT2D eigenvalue weighted by Crippen LogP contribution is -2.18. The fourth-order valence-corrected chi connectivity index (χ4v) is 2.61. The number of thioether (sulfide) groups is 1. The van der Waals surface area contributed by atoms with Crippen molar-refractivity contribution in [2.24, 2.45) is 5.92 Å². The van der Waals surface area contributed by atoms with Gasteiger partial charge in [-0.05, 0) is 36.6 Å². The zero-order valence-electron chi connectivity index (χ0n) is 11.7. The minimum atomic E-state index is 0.651. The zero-order valence-corrected chi connectivity index (χ0v) is 12.5. The molecule has 1 rings (SSSR count). The van der Waals surface area contributed by atoms with E-state index in [1.54, 1.807) is 0 Å². The van der Waals surface area contributed by atoms with E-state index in [1.807, 2.05) is 11.8 Å². The molecule has 0 atom stereocenters. The third kappa shape index (κ3) is 5.60. The monoisotopic (exact) mass is 251 g/mol. The summed E-state index contributed by atoms with van der Waals surface area (Å²) in [5.41, 5.74) is 2.78. The summed E-state index contributed by atoms with van der Waals surface area (Å²) in [6.07, 6.45) is 0. The molecule has 0 saturated heterocycles. The summed E-state index contributed by atoms with van der Waals surface area (Å²) in [7, 11) is 0. The van der Waals surface area contributed by atoms with Crippen LogP contribution in [0, 0.1) is 12.8 Å². The van der Waals surface area contributed by atoms with Crippen LogP contribution < -0.4 is 5.32 Å². The predicted octanol–water partition coefficient (Wildman–Crippen LogP) is 4.24. The van der Waals surface area contributed by atoms with Crippen molar-refractivity contribution in [3.8, 4) is 0 Å². The zero-order chi connectivity index (χ0) is 12.8. The van der Waals surface area contributed by atoms with Crippen molar-refractivity contribution < 1.29 is 0 Å². The number of hydrogen-bond acceptors (Lipinski definition) is 2. The number of benzene rings is 1. The number of nitrogens with one attached hydrogen (secondary N) is 1. The van der Waals surface area contributed by atoms with Gasteiger partial charge in [0.25, 0.3) is 0 Å². The van der Waals surface area contributed by atoms with Crippen molar-refractivity contribution in [2.45, 2.75) is 51.3 Å². The van der Waals surface area contributed by atoms with Gasteiger partial charge in [-0.25, -0.2) is 0 Å². The van der Waals surface area contributed by atoms with Crippen LogP contribution in [0.25, 0.3) is 0 Å². The molecular formula is C15H25NS. The highest BCUT2D eigenvalue weighted by atomic mass is 32.2. The first-order valence-electron chi connectivity index (χ1n) is 6.46. The van der Waals surface area contributed by atoms with Gasteiger partial charge in [-0.15, -0.1) is 11.8 Å². The Bertz CT molecular complexity index is 345. The summed E-state index contributed by atoms with van der Waals surface area (Å²) in [6, 6.07) is 6.80. The van der Waals surface area contributed by atoms with Crippen molar-refractivity contribution in [3.05, 3.63) is 29.3 Å². The van der Waals surface area contributed by atoms with E-state index in [9.17, 15) is 0 Å². The van der Waals surface area contributed by atoms with E-state index in [2.05, 4.69) is 58.1 Å². The second-order valence-corrected chi connectivity index (χ2v) is 6.91. The quantitative estimate of drug-likeness (QED) is 0.759. The van der Waals surface area contributed by atoms with Crippen molar-refractivity contribution in [3.63, 3.8) is 0 Å². The van der Waals surface area contributed by atoms with Crippen LogP contribution in [0.1, 0.15) is 38.8 Å². The van der Waals surface area contributed by atoms with Gasteiger partial charge in [-0.2, -0.15) is 0 Å². The van der Waals surface area contributed by atoms with Crippen LogP contribution in [0.15, 0.2) is 23.1 Å². The first-order chi connectivity index (χ1) is 7.99. The maximum absolute atomic E-state index is 3.48. The first kappa shape index (κ1) is 14.6. The van der Waals surface area contributed by atoms with Crippen LogP contribution in [0.4, 0.5) is 0 Å². The molecule has 0 aliphatic carbocycles. The molecule has 17 heavy (non-hydrogen) atoms. The molecule has 0 aliphatic rings. The largest absolute Gasteiger partial charge is 0.312 e. The van der Waals surface area contributed by atoms with Crippen molar-refractivity contribution in [2.75, 3.05) is 6.54 Å². The van der Waals surface area contributed by atoms with Crippen LogP contribution in [0.2, 0.25) is 0 Å². The molecule has 1 N–H and O–H groups in total. The summed E-state index contributed by atoms with van der Waals surface area (Å²) in [4.78, 5) is 1.41. The lowest BCUT2D eigenvalue weighted by molar-refractivity contribution is 0.552. The van der Waals surface area contributed by atoms with E-state index < -0.39 is 0 Å². The Morgan fingerprint density at radius 2 is 1.88 bits per heavy atom. The van der Waals surface area contributed by atoms with Gasteiger partial charge in [0.05, 0.1) is 0 Å². The number of aryl methyl sites for hydroxylation is 1. The SMILES string of the molecule is Cc1cc(CNCC(C)C)ccc1SC(C)C. The standard InChI is InChI=1S/C15H25NS/c1-11(2)9-16-10-14-6-7-15(13(5)8-14)17-12(3)4/h6-8,11-12,16H,9-10H2,1-5H3. The van der Waals surface area contributed by atoms with Gasteiger partial charge < -0.3 is 5.32 Å². The minimum Gasteiger partial charge on any atom is -0.312 e. The molecule has 0 unspecified atom stereocenters. The second kappa shape index (κ2) is 7.07. The fraction of sp³-hybridized carbons (Fsp3) is 0.600. The molecule has 1 aromatic rings. The molecule has 96 valence electrons. The smallest absolute Gasteiger partial charge is 0.0205 e. The van der Waals surface area contributed by atoms with Gasteiger partial charge in [-0.3, -0.25) is 0 Å². The number of rotatable bonds is 6. The van der Waals surface area contributed by atoms with E-state index in [0.717, 1.165) is 13.1 Å². The molecule has 0 saturated carbocycles. The summed E-state index contributed by atoms with van der Waals surface area (Å²) in [6.45, 7) is 13.2. The third-order valence-corrected chi connectivity index (χ3v) is 3.67. The van der Waals surface area contributed by atoms with Gasteiger partial charge in [0.15, 0.2) is 0 Å². The Morgan fingerprint density at radius 3 is 2.41 bits per heavy atom. The Kier molecular flexibility index (Phi) is 6.07. The van der Waals surface area contributed by atoms with Crippen LogP contribution >= 0.6 is 11.8 Å². The Balaban J connectivity index is 2.56. The lowest BCUT2D eigenvalue weighted by atomic mass is 10.1. The molecule has 2 heteroatoms. The van der Waals surface area contributed by atoms with Crippen molar-refractivity contribution in [1.29, 1.82) is 0 Å². The summed E-state index contributed by atoms with van der Waals surface area (Å²) in [5.74, 6) is 0.715. The van der Waals surface area contributed by atoms with E-state index in [-0.39, 0.29) is 0 Å². The first-order valence-corrected chi connectivity index (χ1v) is 7.34. The van der Waals surface area contributed by atoms with E-state index in [4.69, 9.17) is 0 Å². The molecule has 0 radical (unpaired) electrons. The lowest BCUT2D eigenvalue weighted by Gasteiger charge is -2.11. The normalized spacial score (nSPS) is 11.5. The molecule has 0 heterocycles. The number of hydrogen-bond donors (Lipinski definition) is 1. The maximum Gasteiger partial charge on any atom is 0.0205 e. The summed E-state index contributed by atoms with van der Waals surface area (Å²) < 4.78 is 0. The van der Waals surface area contributed by atoms with Gasteiger partial charge in [-0.1, -0.05) is 39.8 Å². The molecule has 1 aromatic carbocycles. The molecule has 0 amide bonds.